The Kier molecular flexibility index (Phi) is 10.9. The molecule has 0 bridgehead atoms. The zero-order valence-corrected chi connectivity index (χ0v) is 22.0. The third kappa shape index (κ3) is 7.07. The highest BCUT2D eigenvalue weighted by atomic mass is 16.5. The van der Waals surface area contributed by atoms with E-state index >= 15 is 0 Å². The number of anilines is 1. The molecule has 2 aromatic rings. The molecule has 1 saturated heterocycles. The van der Waals surface area contributed by atoms with Gasteiger partial charge in [0.25, 0.3) is 6.47 Å². The minimum Gasteiger partial charge on any atom is -0.468 e. The van der Waals surface area contributed by atoms with Gasteiger partial charge >= 0.3 is 0 Å². The first-order chi connectivity index (χ1) is 15.1. The van der Waals surface area contributed by atoms with Crippen LogP contribution in [0.2, 0.25) is 0 Å². The maximum Gasteiger partial charge on any atom is 0.293 e. The monoisotopic (exact) mass is 444 g/mol. The molecule has 180 valence electrons. The molecular formula is C26H44N4O2. The summed E-state index contributed by atoms with van der Waals surface area (Å²) < 4.78 is 6.22. The SMILES string of the molecule is CC.CCOC=O.Cc1nc(N2CCC(C)(C)CC2)ccc1-n1nc(C)c(C(C)C)c1C. The quantitative estimate of drug-likeness (QED) is 0.518. The van der Waals surface area contributed by atoms with Crippen LogP contribution in [0, 0.1) is 26.2 Å². The number of pyridine rings is 1. The molecule has 0 spiro atoms. The maximum atomic E-state index is 9.18. The summed E-state index contributed by atoms with van der Waals surface area (Å²) in [7, 11) is 0. The summed E-state index contributed by atoms with van der Waals surface area (Å²) in [6.07, 6.45) is 2.45. The first-order valence-corrected chi connectivity index (χ1v) is 12.0. The zero-order chi connectivity index (χ0) is 24.5. The topological polar surface area (TPSA) is 60.2 Å². The number of ether oxygens (including phenoxy) is 1. The van der Waals surface area contributed by atoms with Gasteiger partial charge in [-0.05, 0) is 69.6 Å². The largest absolute Gasteiger partial charge is 0.468 e. The molecule has 3 heterocycles. The molecule has 0 aliphatic carbocycles. The van der Waals surface area contributed by atoms with Crippen LogP contribution in [-0.2, 0) is 9.53 Å². The van der Waals surface area contributed by atoms with Gasteiger partial charge in [0.2, 0.25) is 0 Å². The second-order valence-electron chi connectivity index (χ2n) is 9.13. The van der Waals surface area contributed by atoms with Gasteiger partial charge in [-0.2, -0.15) is 5.10 Å². The van der Waals surface area contributed by atoms with E-state index in [2.05, 4.69) is 74.9 Å². The number of nitrogens with zero attached hydrogens (tertiary/aromatic N) is 4. The molecule has 0 unspecified atom stereocenters. The van der Waals surface area contributed by atoms with E-state index in [1.807, 2.05) is 13.8 Å². The fourth-order valence-electron chi connectivity index (χ4n) is 4.07. The Hall–Kier alpha value is -2.37. The molecule has 1 aliphatic heterocycles. The van der Waals surface area contributed by atoms with Gasteiger partial charge in [0.15, 0.2) is 0 Å². The van der Waals surface area contributed by atoms with Crippen LogP contribution in [0.25, 0.3) is 5.69 Å². The molecule has 0 atom stereocenters. The van der Waals surface area contributed by atoms with Crippen molar-refractivity contribution in [3.8, 4) is 5.69 Å². The minimum atomic E-state index is 0.431. The van der Waals surface area contributed by atoms with Crippen LogP contribution >= 0.6 is 0 Å². The molecule has 0 aromatic carbocycles. The summed E-state index contributed by atoms with van der Waals surface area (Å²) >= 11 is 0. The second-order valence-corrected chi connectivity index (χ2v) is 9.13. The molecule has 32 heavy (non-hydrogen) atoms. The number of carbonyl (C=O) groups is 1. The van der Waals surface area contributed by atoms with Crippen molar-refractivity contribution in [3.05, 3.63) is 34.8 Å². The fourth-order valence-corrected chi connectivity index (χ4v) is 4.07. The third-order valence-electron chi connectivity index (χ3n) is 5.87. The van der Waals surface area contributed by atoms with Gasteiger partial charge in [-0.3, -0.25) is 4.79 Å². The van der Waals surface area contributed by atoms with Crippen molar-refractivity contribution in [2.75, 3.05) is 24.6 Å². The number of rotatable bonds is 5. The van der Waals surface area contributed by atoms with Crippen molar-refractivity contribution in [1.29, 1.82) is 0 Å². The number of hydrogen-bond acceptors (Lipinski definition) is 5. The fraction of sp³-hybridized carbons (Fsp3) is 0.654. The van der Waals surface area contributed by atoms with Gasteiger partial charge in [0.05, 0.1) is 23.7 Å². The average molecular weight is 445 g/mol. The van der Waals surface area contributed by atoms with Crippen molar-refractivity contribution < 1.29 is 9.53 Å². The number of piperidine rings is 1. The summed E-state index contributed by atoms with van der Waals surface area (Å²) in [6, 6.07) is 4.34. The molecule has 0 amide bonds. The van der Waals surface area contributed by atoms with Crippen LogP contribution in [0.5, 0.6) is 0 Å². The Morgan fingerprint density at radius 2 is 1.69 bits per heavy atom. The number of carbonyl (C=O) groups excluding carboxylic acids is 1. The number of hydrogen-bond donors (Lipinski definition) is 0. The molecule has 0 radical (unpaired) electrons. The van der Waals surface area contributed by atoms with Crippen molar-refractivity contribution >= 4 is 12.3 Å². The number of aryl methyl sites for hydroxylation is 2. The van der Waals surface area contributed by atoms with E-state index in [-0.39, 0.29) is 0 Å². The van der Waals surface area contributed by atoms with Crippen LogP contribution in [0.1, 0.15) is 89.9 Å². The molecule has 6 heteroatoms. The summed E-state index contributed by atoms with van der Waals surface area (Å²) in [5, 5.41) is 4.79. The van der Waals surface area contributed by atoms with E-state index in [0.717, 1.165) is 36.0 Å². The summed E-state index contributed by atoms with van der Waals surface area (Å²) in [5.74, 6) is 1.58. The molecule has 1 aliphatic rings. The Labute approximate surface area is 195 Å². The Morgan fingerprint density at radius 3 is 2.09 bits per heavy atom. The first kappa shape index (κ1) is 27.7. The second kappa shape index (κ2) is 12.6. The third-order valence-corrected chi connectivity index (χ3v) is 5.87. The summed E-state index contributed by atoms with van der Waals surface area (Å²) in [6.45, 7) is 24.4. The maximum absolute atomic E-state index is 9.18. The lowest BCUT2D eigenvalue weighted by molar-refractivity contribution is -0.128. The molecule has 6 nitrogen and oxygen atoms in total. The molecule has 2 aromatic heterocycles. The Morgan fingerprint density at radius 1 is 1.09 bits per heavy atom. The van der Waals surface area contributed by atoms with Crippen molar-refractivity contribution in [3.63, 3.8) is 0 Å². The molecular weight excluding hydrogens is 400 g/mol. The lowest BCUT2D eigenvalue weighted by Crippen LogP contribution is -2.37. The highest BCUT2D eigenvalue weighted by molar-refractivity contribution is 5.49. The van der Waals surface area contributed by atoms with Crippen LogP contribution in [0.3, 0.4) is 0 Å². The molecule has 0 N–H and O–H groups in total. The van der Waals surface area contributed by atoms with Gasteiger partial charge in [-0.25, -0.2) is 9.67 Å². The normalized spacial score (nSPS) is 14.8. The summed E-state index contributed by atoms with van der Waals surface area (Å²) in [5.41, 5.74) is 6.29. The van der Waals surface area contributed by atoms with E-state index in [0.29, 0.717) is 24.4 Å². The van der Waals surface area contributed by atoms with Gasteiger partial charge < -0.3 is 9.64 Å². The van der Waals surface area contributed by atoms with E-state index in [9.17, 15) is 4.79 Å². The average Bonchev–Trinajstić information content (AvgIpc) is 3.04. The molecule has 0 saturated carbocycles. The highest BCUT2D eigenvalue weighted by Gasteiger charge is 2.26. The predicted octanol–water partition coefficient (Wildman–Crippen LogP) is 6.15. The number of aromatic nitrogens is 3. The predicted molar refractivity (Wildman–Crippen MR) is 134 cm³/mol. The lowest BCUT2D eigenvalue weighted by atomic mass is 9.83. The van der Waals surface area contributed by atoms with Crippen LogP contribution < -0.4 is 4.90 Å². The van der Waals surface area contributed by atoms with Gasteiger partial charge in [-0.1, -0.05) is 41.5 Å². The Balaban J connectivity index is 0.000000646. The van der Waals surface area contributed by atoms with Crippen molar-refractivity contribution in [1.82, 2.24) is 14.8 Å². The van der Waals surface area contributed by atoms with Crippen molar-refractivity contribution in [2.45, 2.75) is 88.0 Å². The first-order valence-electron chi connectivity index (χ1n) is 12.0. The van der Waals surface area contributed by atoms with E-state index in [1.54, 1.807) is 6.92 Å². The van der Waals surface area contributed by atoms with Crippen molar-refractivity contribution in [2.24, 2.45) is 5.41 Å². The van der Waals surface area contributed by atoms with Gasteiger partial charge in [0, 0.05) is 18.8 Å². The van der Waals surface area contributed by atoms with E-state index < -0.39 is 0 Å². The zero-order valence-electron chi connectivity index (χ0n) is 22.0. The van der Waals surface area contributed by atoms with Crippen LogP contribution in [0.15, 0.2) is 12.1 Å². The standard InChI is InChI=1S/C21H32N4.C3H6O2.C2H6/c1-14(2)20-16(4)23-25(17(20)5)18-8-9-19(22-15(18)3)24-12-10-21(6,7)11-13-24;1-2-5-3-4;1-2/h8-9,14H,10-13H2,1-7H3;3H,2H2,1H3;1-2H3. The summed E-state index contributed by atoms with van der Waals surface area (Å²) in [4.78, 5) is 16.5. The lowest BCUT2D eigenvalue weighted by Gasteiger charge is -2.37. The van der Waals surface area contributed by atoms with Crippen LogP contribution in [0.4, 0.5) is 5.82 Å². The Bertz CT molecular complexity index is 846. The van der Waals surface area contributed by atoms with Gasteiger partial charge in [0.1, 0.15) is 5.82 Å². The minimum absolute atomic E-state index is 0.431. The smallest absolute Gasteiger partial charge is 0.293 e. The highest BCUT2D eigenvalue weighted by Crippen LogP contribution is 2.32. The van der Waals surface area contributed by atoms with E-state index in [1.165, 1.54) is 24.1 Å². The van der Waals surface area contributed by atoms with Gasteiger partial charge in [-0.15, -0.1) is 0 Å². The van der Waals surface area contributed by atoms with Crippen LogP contribution in [-0.4, -0.2) is 40.9 Å². The van der Waals surface area contributed by atoms with E-state index in [4.69, 9.17) is 10.1 Å². The molecule has 3 rings (SSSR count). The molecule has 1 fully saturated rings.